The third-order valence-corrected chi connectivity index (χ3v) is 9.49. The van der Waals surface area contributed by atoms with E-state index in [4.69, 9.17) is 11.6 Å². The number of carbonyl (C=O) groups excluding carboxylic acids is 3. The van der Waals surface area contributed by atoms with E-state index in [9.17, 15) is 14.4 Å². The largest absolute Gasteiger partial charge is 0.338 e. The highest BCUT2D eigenvalue weighted by Crippen LogP contribution is 2.52. The number of amides is 3. The quantitative estimate of drug-likeness (QED) is 0.344. The van der Waals surface area contributed by atoms with E-state index in [0.29, 0.717) is 42.6 Å². The number of thiophene rings is 1. The molecule has 2 saturated heterocycles. The Hall–Kier alpha value is -3.20. The fraction of sp³-hybridized carbons (Fsp3) is 0.424. The van der Waals surface area contributed by atoms with E-state index in [1.807, 2.05) is 53.6 Å². The minimum Gasteiger partial charge on any atom is -0.338 e. The molecule has 222 valence electrons. The Kier molecular flexibility index (Phi) is 9.06. The van der Waals surface area contributed by atoms with E-state index in [1.165, 1.54) is 11.3 Å². The molecular formula is C33H39ClN4O3S. The van der Waals surface area contributed by atoms with Crippen molar-refractivity contribution in [2.24, 2.45) is 5.92 Å². The Labute approximate surface area is 257 Å². The van der Waals surface area contributed by atoms with Gasteiger partial charge in [-0.15, -0.1) is 11.3 Å². The molecule has 0 saturated carbocycles. The van der Waals surface area contributed by atoms with Crippen LogP contribution in [0.5, 0.6) is 0 Å². The number of rotatable bonds is 6. The zero-order chi connectivity index (χ0) is 30.0. The summed E-state index contributed by atoms with van der Waals surface area (Å²) in [5.74, 6) is -1.45. The van der Waals surface area contributed by atoms with Crippen LogP contribution in [-0.4, -0.2) is 66.3 Å². The highest BCUT2D eigenvalue weighted by Gasteiger charge is 2.58. The second kappa shape index (κ2) is 12.6. The van der Waals surface area contributed by atoms with Gasteiger partial charge in [-0.25, -0.2) is 4.79 Å². The third-order valence-electron chi connectivity index (χ3n) is 8.35. The number of urea groups is 1. The van der Waals surface area contributed by atoms with Crippen LogP contribution in [0.1, 0.15) is 66.0 Å². The van der Waals surface area contributed by atoms with Crippen LogP contribution in [0, 0.1) is 5.92 Å². The molecule has 0 spiro atoms. The van der Waals surface area contributed by atoms with Gasteiger partial charge in [0.1, 0.15) is 6.04 Å². The Morgan fingerprint density at radius 3 is 2.19 bits per heavy atom. The summed E-state index contributed by atoms with van der Waals surface area (Å²) in [4.78, 5) is 47.2. The third kappa shape index (κ3) is 5.98. The first kappa shape index (κ1) is 30.3. The minimum absolute atomic E-state index is 0.0602. The fourth-order valence-corrected chi connectivity index (χ4v) is 7.10. The van der Waals surface area contributed by atoms with E-state index in [-0.39, 0.29) is 23.1 Å². The molecule has 2 aliphatic heterocycles. The Morgan fingerprint density at radius 1 is 0.976 bits per heavy atom. The zero-order valence-corrected chi connectivity index (χ0v) is 26.2. The van der Waals surface area contributed by atoms with Crippen molar-refractivity contribution in [1.29, 1.82) is 0 Å². The second-order valence-corrected chi connectivity index (χ2v) is 13.4. The number of piperazine rings is 1. The molecule has 2 aromatic carbocycles. The van der Waals surface area contributed by atoms with Crippen molar-refractivity contribution in [3.8, 4) is 0 Å². The number of Topliss-reactive ketones (excluding diaryl/α,β-unsaturated/α-hetero) is 1. The highest BCUT2D eigenvalue weighted by atomic mass is 35.5. The zero-order valence-electron chi connectivity index (χ0n) is 24.6. The summed E-state index contributed by atoms with van der Waals surface area (Å²) in [5.41, 5.74) is 2.74. The number of benzene rings is 2. The molecule has 5 rings (SSSR count). The normalized spacial score (nSPS) is 22.7. The van der Waals surface area contributed by atoms with Gasteiger partial charge in [0.25, 0.3) is 0 Å². The summed E-state index contributed by atoms with van der Waals surface area (Å²) in [5, 5.41) is 8.71. The smallest absolute Gasteiger partial charge is 0.318 e. The molecule has 0 radical (unpaired) electrons. The molecule has 0 bridgehead atoms. The topological polar surface area (TPSA) is 81.8 Å². The average molecular weight is 607 g/mol. The van der Waals surface area contributed by atoms with Crippen LogP contribution in [0.25, 0.3) is 0 Å². The molecule has 3 amide bonds. The Morgan fingerprint density at radius 2 is 1.62 bits per heavy atom. The van der Waals surface area contributed by atoms with Crippen molar-refractivity contribution < 1.29 is 14.4 Å². The lowest BCUT2D eigenvalue weighted by Crippen LogP contribution is -2.56. The molecular weight excluding hydrogens is 568 g/mol. The molecule has 2 fully saturated rings. The lowest BCUT2D eigenvalue weighted by molar-refractivity contribution is -0.136. The van der Waals surface area contributed by atoms with Crippen LogP contribution < -0.4 is 10.6 Å². The van der Waals surface area contributed by atoms with Gasteiger partial charge in [0, 0.05) is 43.7 Å². The maximum atomic E-state index is 14.6. The molecule has 7 nitrogen and oxygen atoms in total. The predicted octanol–water partition coefficient (Wildman–Crippen LogP) is 5.87. The number of hydrogen-bond acceptors (Lipinski definition) is 5. The second-order valence-electron chi connectivity index (χ2n) is 12.0. The summed E-state index contributed by atoms with van der Waals surface area (Å²) in [6, 6.07) is 17.3. The Bertz CT molecular complexity index is 1400. The molecule has 2 aliphatic rings. The van der Waals surface area contributed by atoms with Gasteiger partial charge in [0.2, 0.25) is 5.91 Å². The number of nitrogens with one attached hydrogen (secondary N) is 2. The summed E-state index contributed by atoms with van der Waals surface area (Å²) < 4.78 is 0. The fourth-order valence-electron chi connectivity index (χ4n) is 6.26. The Balaban J connectivity index is 1.74. The first-order valence-electron chi connectivity index (χ1n) is 14.6. The van der Waals surface area contributed by atoms with Crippen LogP contribution in [0.15, 0.2) is 66.0 Å². The average Bonchev–Trinajstić information content (AvgIpc) is 3.64. The van der Waals surface area contributed by atoms with E-state index in [2.05, 4.69) is 43.5 Å². The van der Waals surface area contributed by atoms with Crippen LogP contribution >= 0.6 is 22.9 Å². The van der Waals surface area contributed by atoms with Gasteiger partial charge in [-0.2, -0.15) is 0 Å². The number of halogens is 1. The van der Waals surface area contributed by atoms with Crippen molar-refractivity contribution in [3.05, 3.63) is 92.6 Å². The van der Waals surface area contributed by atoms with Gasteiger partial charge >= 0.3 is 6.03 Å². The molecule has 0 aliphatic carbocycles. The van der Waals surface area contributed by atoms with Crippen LogP contribution in [0.3, 0.4) is 0 Å². The summed E-state index contributed by atoms with van der Waals surface area (Å²) in [6.45, 7) is 11.2. The molecule has 2 N–H and O–H groups in total. The maximum absolute atomic E-state index is 14.6. The van der Waals surface area contributed by atoms with E-state index < -0.39 is 23.9 Å². The molecule has 9 heteroatoms. The van der Waals surface area contributed by atoms with Gasteiger partial charge in [0.15, 0.2) is 5.78 Å². The first-order chi connectivity index (χ1) is 20.1. The van der Waals surface area contributed by atoms with Gasteiger partial charge in [0.05, 0.1) is 16.8 Å². The van der Waals surface area contributed by atoms with Gasteiger partial charge in [-0.1, -0.05) is 74.8 Å². The number of likely N-dealkylation sites (tertiary alicyclic amines) is 1. The van der Waals surface area contributed by atoms with E-state index in [1.54, 1.807) is 17.0 Å². The van der Waals surface area contributed by atoms with Crippen LogP contribution in [0.2, 0.25) is 5.02 Å². The number of ketones is 1. The lowest BCUT2D eigenvalue weighted by Gasteiger charge is -2.36. The molecule has 1 aromatic heterocycles. The van der Waals surface area contributed by atoms with Crippen LogP contribution in [-0.2, 0) is 10.2 Å². The van der Waals surface area contributed by atoms with Crippen LogP contribution in [0.4, 0.5) is 4.79 Å². The highest BCUT2D eigenvalue weighted by molar-refractivity contribution is 7.12. The number of hydrogen-bond donors (Lipinski definition) is 2. The van der Waals surface area contributed by atoms with E-state index in [0.717, 1.165) is 16.7 Å². The van der Waals surface area contributed by atoms with Gasteiger partial charge in [-0.3, -0.25) is 9.59 Å². The standard InChI is InChI=1S/C33H39ClN4O3S/c1-5-36-32(41)38-28(22-10-14-24(34)15-11-22)27(30(39)25-7-6-20-42-25)26(21-8-12-23(13-9-21)33(2,3)4)29(38)31(40)37-18-16-35-17-19-37/h6-15,20,26-29,35H,5,16-19H2,1-4H3,(H,36,41). The monoisotopic (exact) mass is 606 g/mol. The van der Waals surface area contributed by atoms with Crippen molar-refractivity contribution in [2.75, 3.05) is 32.7 Å². The van der Waals surface area contributed by atoms with Crippen molar-refractivity contribution >= 4 is 40.7 Å². The summed E-state index contributed by atoms with van der Waals surface area (Å²) in [6.07, 6.45) is 0. The van der Waals surface area contributed by atoms with Gasteiger partial charge < -0.3 is 20.4 Å². The summed E-state index contributed by atoms with van der Waals surface area (Å²) >= 11 is 7.66. The molecule has 3 heterocycles. The molecule has 4 atom stereocenters. The molecule has 42 heavy (non-hydrogen) atoms. The SMILES string of the molecule is CCNC(=O)N1C(C(=O)N2CCNCC2)C(c2ccc(C(C)(C)C)cc2)C(C(=O)c2cccs2)C1c1ccc(Cl)cc1. The van der Waals surface area contributed by atoms with E-state index >= 15 is 0 Å². The summed E-state index contributed by atoms with van der Waals surface area (Å²) in [7, 11) is 0. The number of carbonyl (C=O) groups is 3. The lowest BCUT2D eigenvalue weighted by atomic mass is 9.76. The maximum Gasteiger partial charge on any atom is 0.318 e. The molecule has 4 unspecified atom stereocenters. The predicted molar refractivity (Wildman–Crippen MR) is 168 cm³/mol. The van der Waals surface area contributed by atoms with Crippen molar-refractivity contribution in [3.63, 3.8) is 0 Å². The number of nitrogens with zero attached hydrogens (tertiary/aromatic N) is 2. The minimum atomic E-state index is -0.871. The van der Waals surface area contributed by atoms with Crippen molar-refractivity contribution in [1.82, 2.24) is 20.4 Å². The molecule has 3 aromatic rings. The first-order valence-corrected chi connectivity index (χ1v) is 15.9. The van der Waals surface area contributed by atoms with Gasteiger partial charge in [-0.05, 0) is 52.6 Å². The van der Waals surface area contributed by atoms with Crippen molar-refractivity contribution in [2.45, 2.75) is 51.1 Å².